The van der Waals surface area contributed by atoms with E-state index in [-0.39, 0.29) is 24.2 Å². The number of thioether (sulfide) groups is 1. The van der Waals surface area contributed by atoms with E-state index >= 15 is 0 Å². The number of rotatable bonds is 5. The fraction of sp³-hybridized carbons (Fsp3) is 0.222. The van der Waals surface area contributed by atoms with Gasteiger partial charge in [-0.05, 0) is 35.8 Å². The molecule has 2 aliphatic rings. The Hall–Kier alpha value is -3.83. The van der Waals surface area contributed by atoms with E-state index < -0.39 is 5.82 Å². The SMILES string of the molecule is O=C1NC(=S)S/C1=C\c1ccc(F)c(-c2cncc(N3CCCN(C(=O)OCc4ccccc4)CC3)n2)c1. The Bertz CT molecular complexity index is 1400. The molecule has 11 heteroatoms. The van der Waals surface area contributed by atoms with E-state index in [2.05, 4.69) is 15.3 Å². The van der Waals surface area contributed by atoms with Crippen LogP contribution in [0.1, 0.15) is 17.5 Å². The summed E-state index contributed by atoms with van der Waals surface area (Å²) < 4.78 is 20.7. The van der Waals surface area contributed by atoms with E-state index in [0.717, 1.165) is 12.0 Å². The van der Waals surface area contributed by atoms with E-state index in [1.54, 1.807) is 29.3 Å². The van der Waals surface area contributed by atoms with Gasteiger partial charge in [0.25, 0.3) is 5.91 Å². The predicted molar refractivity (Wildman–Crippen MR) is 149 cm³/mol. The number of aromatic nitrogens is 2. The number of carbonyl (C=O) groups excluding carboxylic acids is 2. The first-order valence-corrected chi connectivity index (χ1v) is 13.3. The van der Waals surface area contributed by atoms with Gasteiger partial charge in [-0.25, -0.2) is 14.2 Å². The minimum atomic E-state index is -0.444. The number of benzene rings is 2. The van der Waals surface area contributed by atoms with Crippen molar-refractivity contribution in [1.82, 2.24) is 20.2 Å². The standard InChI is InChI=1S/C27H24FN5O3S2/c28-21-8-7-19(14-23-25(34)31-26(37)38-23)13-20(21)22-15-29-16-24(30-22)32-9-4-10-33(12-11-32)27(35)36-17-18-5-2-1-3-6-18/h1-3,5-8,13-16H,4,9-12,17H2,(H,31,34,37)/b23-14-. The Balaban J connectivity index is 1.27. The number of hydrogen-bond acceptors (Lipinski definition) is 8. The first-order chi connectivity index (χ1) is 18.5. The number of hydrogen-bond donors (Lipinski definition) is 1. The molecular formula is C27H24FN5O3S2. The molecule has 2 fully saturated rings. The third kappa shape index (κ3) is 6.17. The molecule has 2 saturated heterocycles. The molecule has 2 amide bonds. The van der Waals surface area contributed by atoms with Gasteiger partial charge in [0.1, 0.15) is 22.6 Å². The molecule has 8 nitrogen and oxygen atoms in total. The Morgan fingerprint density at radius 1 is 1.13 bits per heavy atom. The zero-order valence-electron chi connectivity index (χ0n) is 20.3. The Labute approximate surface area is 228 Å². The summed E-state index contributed by atoms with van der Waals surface area (Å²) in [6, 6.07) is 14.1. The van der Waals surface area contributed by atoms with Crippen LogP contribution in [0.25, 0.3) is 17.3 Å². The zero-order valence-corrected chi connectivity index (χ0v) is 21.9. The van der Waals surface area contributed by atoms with Crippen LogP contribution in [-0.2, 0) is 16.1 Å². The normalized spacial score (nSPS) is 16.9. The van der Waals surface area contributed by atoms with Crippen molar-refractivity contribution in [2.45, 2.75) is 13.0 Å². The van der Waals surface area contributed by atoms with E-state index in [9.17, 15) is 14.0 Å². The highest BCUT2D eigenvalue weighted by Gasteiger charge is 2.23. The van der Waals surface area contributed by atoms with Gasteiger partial charge < -0.3 is 19.9 Å². The van der Waals surface area contributed by atoms with E-state index in [4.69, 9.17) is 17.0 Å². The van der Waals surface area contributed by atoms with E-state index in [1.807, 2.05) is 35.2 Å². The average molecular weight is 550 g/mol. The van der Waals surface area contributed by atoms with E-state index in [1.165, 1.54) is 24.0 Å². The molecule has 3 aromatic rings. The topological polar surface area (TPSA) is 87.7 Å². The van der Waals surface area contributed by atoms with Gasteiger partial charge in [0.2, 0.25) is 0 Å². The van der Waals surface area contributed by atoms with Crippen molar-refractivity contribution in [3.05, 3.63) is 82.8 Å². The minimum Gasteiger partial charge on any atom is -0.445 e. The summed E-state index contributed by atoms with van der Waals surface area (Å²) in [4.78, 5) is 37.8. The molecule has 0 spiro atoms. The summed E-state index contributed by atoms with van der Waals surface area (Å²) in [5.41, 5.74) is 2.24. The Morgan fingerprint density at radius 2 is 1.97 bits per heavy atom. The maximum atomic E-state index is 14.8. The highest BCUT2D eigenvalue weighted by Crippen LogP contribution is 2.29. The maximum absolute atomic E-state index is 14.8. The third-order valence-corrected chi connectivity index (χ3v) is 7.27. The van der Waals surface area contributed by atoms with Crippen molar-refractivity contribution in [2.75, 3.05) is 31.1 Å². The Morgan fingerprint density at radius 3 is 2.76 bits per heavy atom. The molecule has 0 bridgehead atoms. The van der Waals surface area contributed by atoms with Crippen molar-refractivity contribution in [3.63, 3.8) is 0 Å². The van der Waals surface area contributed by atoms with Crippen LogP contribution in [0.4, 0.5) is 15.0 Å². The van der Waals surface area contributed by atoms with Gasteiger partial charge in [-0.3, -0.25) is 9.78 Å². The second-order valence-electron chi connectivity index (χ2n) is 8.72. The summed E-state index contributed by atoms with van der Waals surface area (Å²) in [6.45, 7) is 2.47. The minimum absolute atomic E-state index is 0.227. The fourth-order valence-electron chi connectivity index (χ4n) is 4.18. The van der Waals surface area contributed by atoms with Crippen molar-refractivity contribution >= 4 is 52.2 Å². The molecular weight excluding hydrogens is 525 g/mol. The van der Waals surface area contributed by atoms with Gasteiger partial charge in [-0.1, -0.05) is 60.4 Å². The molecule has 194 valence electrons. The third-order valence-electron chi connectivity index (χ3n) is 6.11. The largest absolute Gasteiger partial charge is 0.445 e. The summed E-state index contributed by atoms with van der Waals surface area (Å²) in [7, 11) is 0. The number of ether oxygens (including phenoxy) is 1. The smallest absolute Gasteiger partial charge is 0.410 e. The van der Waals surface area contributed by atoms with Crippen LogP contribution in [0.5, 0.6) is 0 Å². The predicted octanol–water partition coefficient (Wildman–Crippen LogP) is 4.62. The molecule has 38 heavy (non-hydrogen) atoms. The van der Waals surface area contributed by atoms with Gasteiger partial charge in [-0.2, -0.15) is 0 Å². The first kappa shape index (κ1) is 25.8. The Kier molecular flexibility index (Phi) is 7.94. The zero-order chi connectivity index (χ0) is 26.5. The monoisotopic (exact) mass is 549 g/mol. The number of nitrogens with zero attached hydrogens (tertiary/aromatic N) is 4. The lowest BCUT2D eigenvalue weighted by molar-refractivity contribution is -0.115. The summed E-state index contributed by atoms with van der Waals surface area (Å²) in [6.07, 6.45) is 5.19. The molecule has 3 heterocycles. The van der Waals surface area contributed by atoms with E-state index in [0.29, 0.717) is 52.5 Å². The van der Waals surface area contributed by atoms with Gasteiger partial charge in [-0.15, -0.1) is 0 Å². The molecule has 0 unspecified atom stereocenters. The van der Waals surface area contributed by atoms with Gasteiger partial charge >= 0.3 is 6.09 Å². The van der Waals surface area contributed by atoms with Crippen LogP contribution in [0.2, 0.25) is 0 Å². The molecule has 2 aromatic carbocycles. The lowest BCUT2D eigenvalue weighted by Gasteiger charge is -2.22. The molecule has 0 aliphatic carbocycles. The lowest BCUT2D eigenvalue weighted by Crippen LogP contribution is -2.35. The van der Waals surface area contributed by atoms with Crippen LogP contribution < -0.4 is 10.2 Å². The molecule has 5 rings (SSSR count). The maximum Gasteiger partial charge on any atom is 0.410 e. The second-order valence-corrected chi connectivity index (χ2v) is 10.4. The highest BCUT2D eigenvalue weighted by molar-refractivity contribution is 8.26. The second kappa shape index (κ2) is 11.7. The quantitative estimate of drug-likeness (QED) is 0.365. The number of halogens is 1. The number of amides is 2. The van der Waals surface area contributed by atoms with Crippen LogP contribution in [0.3, 0.4) is 0 Å². The number of nitrogens with one attached hydrogen (secondary N) is 1. The van der Waals surface area contributed by atoms with Crippen molar-refractivity contribution in [3.8, 4) is 11.3 Å². The lowest BCUT2D eigenvalue weighted by atomic mass is 10.1. The average Bonchev–Trinajstić information content (AvgIpc) is 3.10. The van der Waals surface area contributed by atoms with Crippen LogP contribution in [0, 0.1) is 5.82 Å². The summed E-state index contributed by atoms with van der Waals surface area (Å²) in [5, 5.41) is 2.57. The van der Waals surface area contributed by atoms with Gasteiger partial charge in [0.05, 0.1) is 23.0 Å². The van der Waals surface area contributed by atoms with Crippen LogP contribution in [0.15, 0.2) is 65.8 Å². The molecule has 0 atom stereocenters. The van der Waals surface area contributed by atoms with Crippen LogP contribution in [-0.4, -0.2) is 57.4 Å². The number of carbonyl (C=O) groups is 2. The number of anilines is 1. The summed E-state index contributed by atoms with van der Waals surface area (Å²) in [5.74, 6) is -0.117. The van der Waals surface area contributed by atoms with Gasteiger partial charge in [0, 0.05) is 31.7 Å². The van der Waals surface area contributed by atoms with Crippen molar-refractivity contribution < 1.29 is 18.7 Å². The van der Waals surface area contributed by atoms with Crippen molar-refractivity contribution in [2.24, 2.45) is 0 Å². The fourth-order valence-corrected chi connectivity index (χ4v) is 5.22. The van der Waals surface area contributed by atoms with Gasteiger partial charge in [0.15, 0.2) is 0 Å². The molecule has 0 saturated carbocycles. The van der Waals surface area contributed by atoms with Crippen molar-refractivity contribution in [1.29, 1.82) is 0 Å². The molecule has 2 aliphatic heterocycles. The molecule has 1 aromatic heterocycles. The summed E-state index contributed by atoms with van der Waals surface area (Å²) >= 11 is 6.20. The molecule has 0 radical (unpaired) electrons. The van der Waals surface area contributed by atoms with Crippen LogP contribution >= 0.6 is 24.0 Å². The number of thiocarbonyl (C=S) groups is 1. The molecule has 1 N–H and O–H groups in total. The first-order valence-electron chi connectivity index (χ1n) is 12.0. The highest BCUT2D eigenvalue weighted by atomic mass is 32.2.